The van der Waals surface area contributed by atoms with Crippen LogP contribution in [0.25, 0.3) is 21.8 Å². The predicted molar refractivity (Wildman–Crippen MR) is 369 cm³/mol. The van der Waals surface area contributed by atoms with Gasteiger partial charge in [-0.3, -0.25) is 4.55 Å². The zero-order chi connectivity index (χ0) is 76.6. The van der Waals surface area contributed by atoms with Crippen molar-refractivity contribution < 1.29 is 148 Å². The second-order valence-corrected chi connectivity index (χ2v) is 28.4. The summed E-state index contributed by atoms with van der Waals surface area (Å²) in [5.41, 5.74) is 8.02. The Morgan fingerprint density at radius 3 is 1.13 bits per heavy atom. The molecule has 2 aromatic carbocycles. The minimum absolute atomic E-state index is 0.0757. The molecule has 4 saturated heterocycles. The van der Waals surface area contributed by atoms with E-state index in [1.165, 1.54) is 112 Å². The number of hydrogen-bond acceptors (Lipinski definition) is 30. The van der Waals surface area contributed by atoms with Gasteiger partial charge in [0.1, 0.15) is 97.7 Å². The monoisotopic (exact) mass is 1510 g/mol. The molecular formula is C66H116N4O30S2. The minimum Gasteiger partial charge on any atom is -0.748 e. The van der Waals surface area contributed by atoms with Crippen molar-refractivity contribution in [1.29, 1.82) is 0 Å². The number of aryl methyl sites for hydroxylation is 2. The van der Waals surface area contributed by atoms with Gasteiger partial charge in [-0.2, -0.15) is 8.42 Å². The Kier molecular flexibility index (Phi) is 42.8. The summed E-state index contributed by atoms with van der Waals surface area (Å²) in [5, 5.41) is 98.3. The largest absolute Gasteiger partial charge is 0.748 e. The summed E-state index contributed by atoms with van der Waals surface area (Å²) >= 11 is 0. The van der Waals surface area contributed by atoms with Crippen molar-refractivity contribution >= 4 is 42.0 Å². The van der Waals surface area contributed by atoms with Gasteiger partial charge in [0.25, 0.3) is 10.1 Å². The normalized spacial score (nSPS) is 29.7. The standard InChI is InChI=1S/2C13H18N2.2C12H24O9S.2C8H16O6/c2*1-10-4-5-13-12(8-10)11(9-14-13)6-7-15(2)3;2*1-18-11-8(21-12(19-2)10(14)9(11)13)7-20-5-3-4-6-22(15,16)17;2*1-12-7-4(3-9)14-8(13-2)6(11)5(7)10/h2*4-5,8-9,14H,6-7H2,1-3H3;2*8-14H,3-7H2,1-2H3,(H,15,16,17);2*4-11H,3H2,1-2H3. The molecule has 4 aliphatic rings. The van der Waals surface area contributed by atoms with Gasteiger partial charge in [0, 0.05) is 123 Å². The lowest BCUT2D eigenvalue weighted by Gasteiger charge is -2.41. The molecule has 0 radical (unpaired) electrons. The number of aliphatic hydroxyl groups excluding tert-OH is 10. The first-order valence-corrected chi connectivity index (χ1v) is 36.5. The van der Waals surface area contributed by atoms with Gasteiger partial charge in [-0.1, -0.05) is 23.3 Å². The third-order valence-electron chi connectivity index (χ3n) is 16.9. The van der Waals surface area contributed by atoms with Gasteiger partial charge in [-0.05, 0) is 95.4 Å². The molecule has 34 nitrogen and oxygen atoms in total. The van der Waals surface area contributed by atoms with E-state index >= 15 is 0 Å². The lowest BCUT2D eigenvalue weighted by atomic mass is 9.99. The van der Waals surface area contributed by atoms with Gasteiger partial charge in [0.05, 0.1) is 62.9 Å². The van der Waals surface area contributed by atoms with E-state index in [1.54, 1.807) is 0 Å². The van der Waals surface area contributed by atoms with Crippen molar-refractivity contribution in [3.05, 3.63) is 71.0 Å². The molecule has 20 unspecified atom stereocenters. The number of ether oxygens (including phenoxy) is 14. The number of hydrogen-bond donors (Lipinski definition) is 14. The van der Waals surface area contributed by atoms with Crippen LogP contribution in [0, 0.1) is 13.8 Å². The highest BCUT2D eigenvalue weighted by Crippen LogP contribution is 2.28. The maximum Gasteiger partial charge on any atom is 0.264 e. The molecule has 36 heteroatoms. The molecule has 2 aromatic heterocycles. The van der Waals surface area contributed by atoms with Gasteiger partial charge in [-0.15, -0.1) is 0 Å². The van der Waals surface area contributed by atoms with Crippen LogP contribution >= 0.6 is 0 Å². The highest BCUT2D eigenvalue weighted by atomic mass is 32.2. The van der Waals surface area contributed by atoms with Gasteiger partial charge >= 0.3 is 0 Å². The van der Waals surface area contributed by atoms with Crippen molar-refractivity contribution in [1.82, 2.24) is 14.9 Å². The average molecular weight is 1510 g/mol. The van der Waals surface area contributed by atoms with E-state index in [1.807, 2.05) is 0 Å². The molecule has 102 heavy (non-hydrogen) atoms. The highest BCUT2D eigenvalue weighted by molar-refractivity contribution is 7.85. The maximum atomic E-state index is 10.5. The zero-order valence-electron chi connectivity index (χ0n) is 60.9. The Balaban J connectivity index is 0.000000321. The number of rotatable bonds is 30. The Morgan fingerprint density at radius 1 is 0.490 bits per heavy atom. The fourth-order valence-electron chi connectivity index (χ4n) is 11.2. The Labute approximate surface area is 598 Å². The van der Waals surface area contributed by atoms with E-state index in [9.17, 15) is 62.2 Å². The van der Waals surface area contributed by atoms with Crippen LogP contribution in [0.2, 0.25) is 0 Å². The van der Waals surface area contributed by atoms with Crippen molar-refractivity contribution in [2.24, 2.45) is 0 Å². The summed E-state index contributed by atoms with van der Waals surface area (Å²) in [4.78, 5) is 10.4. The number of aromatic amines is 2. The van der Waals surface area contributed by atoms with E-state index in [2.05, 4.69) is 106 Å². The summed E-state index contributed by atoms with van der Waals surface area (Å²) in [7, 11) is 11.4. The number of nitrogens with zero attached hydrogens (tertiary/aromatic N) is 1. The second kappa shape index (κ2) is 47.2. The molecule has 0 saturated carbocycles. The number of fused-ring (bicyclic) bond motifs is 2. The molecule has 8 rings (SSSR count). The third kappa shape index (κ3) is 30.2. The summed E-state index contributed by atoms with van der Waals surface area (Å²) in [5.74, 6) is -0.735. The summed E-state index contributed by atoms with van der Waals surface area (Å²) in [6.45, 7) is 6.63. The van der Waals surface area contributed by atoms with Crippen LogP contribution in [0.1, 0.15) is 47.9 Å². The van der Waals surface area contributed by atoms with E-state index in [0.29, 0.717) is 12.8 Å². The number of nitrogens with one attached hydrogen (secondary N) is 3. The Hall–Kier alpha value is -3.70. The van der Waals surface area contributed by atoms with Crippen LogP contribution < -0.4 is 4.90 Å². The molecule has 6 heterocycles. The van der Waals surface area contributed by atoms with E-state index in [4.69, 9.17) is 81.1 Å². The first-order valence-electron chi connectivity index (χ1n) is 33.4. The Morgan fingerprint density at radius 2 is 0.824 bits per heavy atom. The number of methoxy groups -OCH3 is 8. The maximum absolute atomic E-state index is 10.5. The van der Waals surface area contributed by atoms with Crippen LogP contribution in [-0.4, -0.2) is 364 Å². The van der Waals surface area contributed by atoms with Crippen molar-refractivity contribution in [2.45, 2.75) is 175 Å². The van der Waals surface area contributed by atoms with Crippen molar-refractivity contribution in [3.8, 4) is 0 Å². The topological polar surface area (TPSA) is 482 Å². The first-order chi connectivity index (χ1) is 48.2. The van der Waals surface area contributed by atoms with Crippen LogP contribution in [0.4, 0.5) is 0 Å². The molecular weight excluding hydrogens is 1390 g/mol. The molecule has 0 amide bonds. The van der Waals surface area contributed by atoms with E-state index in [-0.39, 0.29) is 58.2 Å². The van der Waals surface area contributed by atoms with Crippen LogP contribution in [-0.2, 0) is 99.4 Å². The summed E-state index contributed by atoms with van der Waals surface area (Å²) in [6, 6.07) is 13.2. The van der Waals surface area contributed by atoms with Gasteiger partial charge < -0.3 is 142 Å². The zero-order valence-corrected chi connectivity index (χ0v) is 62.6. The van der Waals surface area contributed by atoms with Crippen LogP contribution in [0.15, 0.2) is 48.8 Å². The van der Waals surface area contributed by atoms with E-state index < -0.39 is 149 Å². The fraction of sp³-hybridized carbons (Fsp3) is 0.758. The number of benzene rings is 2. The molecule has 14 N–H and O–H groups in total. The number of likely N-dealkylation sites (N-methyl/N-ethyl adjacent to an activating group) is 2. The molecule has 4 aliphatic heterocycles. The number of quaternary nitrogens is 1. The van der Waals surface area contributed by atoms with Crippen molar-refractivity contribution in [3.63, 3.8) is 0 Å². The molecule has 20 atom stereocenters. The first kappa shape index (κ1) is 92.5. The number of aliphatic hydroxyl groups is 10. The molecule has 0 aliphatic carbocycles. The average Bonchev–Trinajstić information content (AvgIpc) is 1.15. The number of unbranched alkanes of at least 4 members (excludes halogenated alkanes) is 2. The Bertz CT molecular complexity index is 2930. The minimum atomic E-state index is -4.20. The molecule has 4 aromatic rings. The van der Waals surface area contributed by atoms with E-state index in [0.717, 1.165) is 19.4 Å². The summed E-state index contributed by atoms with van der Waals surface area (Å²) in [6.07, 6.45) is -11.0. The quantitative estimate of drug-likeness (QED) is 0.0184. The summed E-state index contributed by atoms with van der Waals surface area (Å²) < 4.78 is 132. The van der Waals surface area contributed by atoms with Crippen LogP contribution in [0.3, 0.4) is 0 Å². The molecule has 4 fully saturated rings. The van der Waals surface area contributed by atoms with Crippen molar-refractivity contribution in [2.75, 3.05) is 149 Å². The molecule has 0 bridgehead atoms. The van der Waals surface area contributed by atoms with Crippen LogP contribution in [0.5, 0.6) is 0 Å². The third-order valence-corrected chi connectivity index (χ3v) is 18.5. The number of aromatic nitrogens is 2. The SMILES string of the molecule is COC1OC(CO)C(OC)C(O)C1O.COC1OC(CO)C(OC)C(O)C1O.COC1OC(COCCCCS(=O)(=O)O)C(OC)C(O)C1O.COC1OC(COCCCCS(=O)(=O)[O-])C(OC)C(O)C1O.Cc1ccc2[nH]cc(CCN(C)C)c2c1.Cc1ccc2[nH]cc(CC[NH+](C)C)c2c1. The molecule has 592 valence electrons. The second-order valence-electron chi connectivity index (χ2n) is 25.3. The predicted octanol–water partition coefficient (Wildman–Crippen LogP) is -2.87. The van der Waals surface area contributed by atoms with Gasteiger partial charge in [0.15, 0.2) is 25.2 Å². The molecule has 0 spiro atoms. The van der Waals surface area contributed by atoms with Gasteiger partial charge in [-0.25, -0.2) is 8.42 Å². The highest BCUT2D eigenvalue weighted by Gasteiger charge is 2.48. The van der Waals surface area contributed by atoms with Gasteiger partial charge in [0.2, 0.25) is 0 Å². The lowest BCUT2D eigenvalue weighted by molar-refractivity contribution is -0.858. The smallest absolute Gasteiger partial charge is 0.264 e. The lowest BCUT2D eigenvalue weighted by Crippen LogP contribution is -3.05. The fourth-order valence-corrected chi connectivity index (χ4v) is 12.4. The number of H-pyrrole nitrogens is 2.